The highest BCUT2D eigenvalue weighted by Gasteiger charge is 2.26. The van der Waals surface area contributed by atoms with Crippen molar-refractivity contribution in [3.05, 3.63) is 27.7 Å². The molecule has 4 nitrogen and oxygen atoms in total. The molecule has 0 aromatic heterocycles. The number of nitrogens with one attached hydrogen (secondary N) is 1. The number of rotatable bonds is 6. The van der Waals surface area contributed by atoms with Crippen molar-refractivity contribution < 1.29 is 8.42 Å². The van der Waals surface area contributed by atoms with Crippen LogP contribution in [0.2, 0.25) is 10.0 Å². The Labute approximate surface area is 130 Å². The molecule has 1 fully saturated rings. The minimum Gasteiger partial charge on any atom is -0.310 e. The van der Waals surface area contributed by atoms with Crippen molar-refractivity contribution in [2.45, 2.75) is 37.2 Å². The maximum Gasteiger partial charge on any atom is 0.244 e. The largest absolute Gasteiger partial charge is 0.310 e. The molecule has 0 bridgehead atoms. The van der Waals surface area contributed by atoms with Crippen LogP contribution >= 0.6 is 23.2 Å². The summed E-state index contributed by atoms with van der Waals surface area (Å²) in [5, 5.41) is 3.94. The summed E-state index contributed by atoms with van der Waals surface area (Å²) in [5.74, 6) is 0. The summed E-state index contributed by atoms with van der Waals surface area (Å²) in [6.07, 6.45) is 2.31. The monoisotopic (exact) mass is 336 g/mol. The third-order valence-corrected chi connectivity index (χ3v) is 6.10. The van der Waals surface area contributed by atoms with Crippen LogP contribution in [0.5, 0.6) is 0 Å². The Hall–Kier alpha value is -0.330. The summed E-state index contributed by atoms with van der Waals surface area (Å²) in [6.45, 7) is 2.68. The Kier molecular flexibility index (Phi) is 4.97. The van der Waals surface area contributed by atoms with Gasteiger partial charge in [0, 0.05) is 31.2 Å². The molecule has 0 spiro atoms. The molecular weight excluding hydrogens is 319 g/mol. The molecule has 112 valence electrons. The normalized spacial score (nSPS) is 15.8. The highest BCUT2D eigenvalue weighted by molar-refractivity contribution is 7.89. The van der Waals surface area contributed by atoms with Crippen molar-refractivity contribution >= 4 is 33.2 Å². The summed E-state index contributed by atoms with van der Waals surface area (Å²) in [6, 6.07) is 3.64. The zero-order valence-electron chi connectivity index (χ0n) is 11.5. The van der Waals surface area contributed by atoms with Gasteiger partial charge in [0.25, 0.3) is 0 Å². The van der Waals surface area contributed by atoms with Crippen molar-refractivity contribution in [2.75, 3.05) is 13.6 Å². The van der Waals surface area contributed by atoms with Gasteiger partial charge in [0.15, 0.2) is 0 Å². The molecule has 1 aromatic rings. The Morgan fingerprint density at radius 3 is 2.55 bits per heavy atom. The first-order valence-corrected chi connectivity index (χ1v) is 8.73. The van der Waals surface area contributed by atoms with Crippen LogP contribution in [0.25, 0.3) is 0 Å². The summed E-state index contributed by atoms with van der Waals surface area (Å²) < 4.78 is 26.1. The fraction of sp³-hybridized carbons (Fsp3) is 0.538. The predicted molar refractivity (Wildman–Crippen MR) is 81.8 cm³/mol. The van der Waals surface area contributed by atoms with Gasteiger partial charge in [-0.05, 0) is 30.5 Å². The predicted octanol–water partition coefficient (Wildman–Crippen LogP) is 2.89. The molecule has 1 saturated carbocycles. The third kappa shape index (κ3) is 3.46. The molecule has 0 radical (unpaired) electrons. The second kappa shape index (κ2) is 6.20. The van der Waals surface area contributed by atoms with E-state index in [2.05, 4.69) is 5.32 Å². The van der Waals surface area contributed by atoms with Crippen LogP contribution < -0.4 is 5.32 Å². The van der Waals surface area contributed by atoms with E-state index in [0.29, 0.717) is 29.7 Å². The van der Waals surface area contributed by atoms with Gasteiger partial charge in [0.2, 0.25) is 10.0 Å². The zero-order valence-corrected chi connectivity index (χ0v) is 13.8. The van der Waals surface area contributed by atoms with E-state index in [1.807, 2.05) is 0 Å². The fourth-order valence-corrected chi connectivity index (χ4v) is 3.90. The molecule has 0 amide bonds. The van der Waals surface area contributed by atoms with Gasteiger partial charge in [-0.15, -0.1) is 0 Å². The number of benzene rings is 1. The number of sulfonamides is 1. The van der Waals surface area contributed by atoms with E-state index in [1.54, 1.807) is 13.0 Å². The van der Waals surface area contributed by atoms with Crippen LogP contribution in [0.3, 0.4) is 0 Å². The number of halogens is 2. The van der Waals surface area contributed by atoms with Crippen molar-refractivity contribution in [3.8, 4) is 0 Å². The van der Waals surface area contributed by atoms with Crippen LogP contribution in [0.4, 0.5) is 0 Å². The standard InChI is InChI=1S/C13H18Cl2N2O2S/c1-3-17(2)20(18,19)12-7-10(14)6-9(13(12)15)8-16-11-4-5-11/h6-7,11,16H,3-5,8H2,1-2H3. The first-order valence-electron chi connectivity index (χ1n) is 6.54. The minimum absolute atomic E-state index is 0.0728. The van der Waals surface area contributed by atoms with Gasteiger partial charge in [0.05, 0.1) is 5.02 Å². The summed E-state index contributed by atoms with van der Waals surface area (Å²) in [4.78, 5) is 0.0728. The van der Waals surface area contributed by atoms with Gasteiger partial charge in [0.1, 0.15) is 4.90 Å². The Balaban J connectivity index is 2.37. The van der Waals surface area contributed by atoms with Crippen molar-refractivity contribution in [2.24, 2.45) is 0 Å². The average Bonchev–Trinajstić information content (AvgIpc) is 3.22. The summed E-state index contributed by atoms with van der Waals surface area (Å²) in [7, 11) is -2.08. The molecule has 0 saturated heterocycles. The molecule has 0 aliphatic heterocycles. The Bertz CT molecular complexity index is 601. The van der Waals surface area contributed by atoms with E-state index in [4.69, 9.17) is 23.2 Å². The van der Waals surface area contributed by atoms with E-state index in [0.717, 1.165) is 12.8 Å². The van der Waals surface area contributed by atoms with Crippen LogP contribution in [-0.2, 0) is 16.6 Å². The van der Waals surface area contributed by atoms with Gasteiger partial charge in [-0.3, -0.25) is 0 Å². The first-order chi connectivity index (χ1) is 9.36. The minimum atomic E-state index is -3.60. The molecule has 1 aromatic carbocycles. The maximum absolute atomic E-state index is 12.4. The molecule has 1 N–H and O–H groups in total. The second-order valence-corrected chi connectivity index (χ2v) is 7.78. The molecule has 0 atom stereocenters. The lowest BCUT2D eigenvalue weighted by Gasteiger charge is -2.18. The summed E-state index contributed by atoms with van der Waals surface area (Å²) in [5.41, 5.74) is 0.717. The fourth-order valence-electron chi connectivity index (χ4n) is 1.81. The van der Waals surface area contributed by atoms with E-state index in [-0.39, 0.29) is 9.92 Å². The second-order valence-electron chi connectivity index (χ2n) is 4.95. The SMILES string of the molecule is CCN(C)S(=O)(=O)c1cc(Cl)cc(CNC2CC2)c1Cl. The highest BCUT2D eigenvalue weighted by Crippen LogP contribution is 2.31. The molecule has 20 heavy (non-hydrogen) atoms. The lowest BCUT2D eigenvalue weighted by atomic mass is 10.2. The summed E-state index contributed by atoms with van der Waals surface area (Å²) >= 11 is 12.3. The maximum atomic E-state index is 12.4. The van der Waals surface area contributed by atoms with Gasteiger partial charge in [-0.25, -0.2) is 12.7 Å². The molecular formula is C13H18Cl2N2O2S. The zero-order chi connectivity index (χ0) is 14.9. The lowest BCUT2D eigenvalue weighted by molar-refractivity contribution is 0.486. The van der Waals surface area contributed by atoms with Crippen molar-refractivity contribution in [1.82, 2.24) is 9.62 Å². The van der Waals surface area contributed by atoms with Gasteiger partial charge < -0.3 is 5.32 Å². The van der Waals surface area contributed by atoms with Gasteiger partial charge in [-0.1, -0.05) is 30.1 Å². The van der Waals surface area contributed by atoms with E-state index in [9.17, 15) is 8.42 Å². The quantitative estimate of drug-likeness (QED) is 0.868. The van der Waals surface area contributed by atoms with Gasteiger partial charge >= 0.3 is 0 Å². The van der Waals surface area contributed by atoms with Crippen LogP contribution in [0.15, 0.2) is 17.0 Å². The van der Waals surface area contributed by atoms with E-state index < -0.39 is 10.0 Å². The first kappa shape index (κ1) is 16.0. The highest BCUT2D eigenvalue weighted by atomic mass is 35.5. The molecule has 0 unspecified atom stereocenters. The van der Waals surface area contributed by atoms with E-state index >= 15 is 0 Å². The van der Waals surface area contributed by atoms with Crippen molar-refractivity contribution in [1.29, 1.82) is 0 Å². The Morgan fingerprint density at radius 2 is 2.00 bits per heavy atom. The Morgan fingerprint density at radius 1 is 1.35 bits per heavy atom. The van der Waals surface area contributed by atoms with E-state index in [1.165, 1.54) is 17.4 Å². The number of hydrogen-bond acceptors (Lipinski definition) is 3. The topological polar surface area (TPSA) is 49.4 Å². The lowest BCUT2D eigenvalue weighted by Crippen LogP contribution is -2.27. The molecule has 1 aliphatic carbocycles. The molecule has 0 heterocycles. The smallest absolute Gasteiger partial charge is 0.244 e. The van der Waals surface area contributed by atoms with Gasteiger partial charge in [-0.2, -0.15) is 0 Å². The van der Waals surface area contributed by atoms with Crippen molar-refractivity contribution in [3.63, 3.8) is 0 Å². The average molecular weight is 337 g/mol. The van der Waals surface area contributed by atoms with Crippen LogP contribution in [0, 0.1) is 0 Å². The number of nitrogens with zero attached hydrogens (tertiary/aromatic N) is 1. The van der Waals surface area contributed by atoms with Crippen LogP contribution in [0.1, 0.15) is 25.3 Å². The molecule has 7 heteroatoms. The van der Waals surface area contributed by atoms with Crippen LogP contribution in [-0.4, -0.2) is 32.4 Å². The molecule has 1 aliphatic rings. The third-order valence-electron chi connectivity index (χ3n) is 3.37. The molecule has 2 rings (SSSR count). The number of hydrogen-bond donors (Lipinski definition) is 1.